The topological polar surface area (TPSA) is 92.4 Å². The van der Waals surface area contributed by atoms with Crippen molar-refractivity contribution in [3.63, 3.8) is 0 Å². The van der Waals surface area contributed by atoms with Gasteiger partial charge in [0.2, 0.25) is 10.0 Å². The molecule has 0 saturated heterocycles. The van der Waals surface area contributed by atoms with Crippen molar-refractivity contribution in [1.29, 1.82) is 0 Å². The predicted molar refractivity (Wildman–Crippen MR) is 77.2 cm³/mol. The van der Waals surface area contributed by atoms with Crippen molar-refractivity contribution in [3.8, 4) is 0 Å². The van der Waals surface area contributed by atoms with Gasteiger partial charge in [-0.05, 0) is 39.0 Å². The Bertz CT molecular complexity index is 721. The van der Waals surface area contributed by atoms with Crippen molar-refractivity contribution < 1.29 is 17.9 Å². The molecule has 1 atom stereocenters. The van der Waals surface area contributed by atoms with Gasteiger partial charge in [0, 0.05) is 24.5 Å². The second kappa shape index (κ2) is 5.59. The zero-order valence-electron chi connectivity index (χ0n) is 12.1. The van der Waals surface area contributed by atoms with Crippen molar-refractivity contribution in [2.24, 2.45) is 0 Å². The number of nitrogens with zero attached hydrogens (tertiary/aromatic N) is 1. The summed E-state index contributed by atoms with van der Waals surface area (Å²) in [5, 5.41) is 10.5. The maximum absolute atomic E-state index is 12.1. The Labute approximate surface area is 123 Å². The molecule has 0 aliphatic carbocycles. The van der Waals surface area contributed by atoms with E-state index in [1.54, 1.807) is 19.9 Å². The van der Waals surface area contributed by atoms with Crippen LogP contribution in [-0.4, -0.2) is 25.1 Å². The molecular formula is C14H18N2O4S. The van der Waals surface area contributed by atoms with E-state index in [1.807, 2.05) is 0 Å². The van der Waals surface area contributed by atoms with Crippen LogP contribution in [0.3, 0.4) is 0 Å². The molecule has 2 rings (SSSR count). The number of sulfonamides is 1. The minimum absolute atomic E-state index is 0.0564. The van der Waals surface area contributed by atoms with E-state index >= 15 is 0 Å². The van der Waals surface area contributed by atoms with Gasteiger partial charge in [-0.2, -0.15) is 0 Å². The van der Waals surface area contributed by atoms with Gasteiger partial charge in [-0.15, -0.1) is 0 Å². The van der Waals surface area contributed by atoms with Crippen molar-refractivity contribution in [1.82, 2.24) is 9.71 Å². The molecule has 1 unspecified atom stereocenters. The molecule has 0 amide bonds. The lowest BCUT2D eigenvalue weighted by Crippen LogP contribution is -2.38. The maximum atomic E-state index is 12.1. The summed E-state index contributed by atoms with van der Waals surface area (Å²) in [5.74, 6) is 1.23. The van der Waals surface area contributed by atoms with Crippen LogP contribution in [0.25, 0.3) is 0 Å². The number of pyridine rings is 1. The minimum Gasteiger partial charge on any atom is -0.466 e. The van der Waals surface area contributed by atoms with Crippen LogP contribution in [-0.2, 0) is 15.6 Å². The zero-order valence-corrected chi connectivity index (χ0v) is 12.9. The maximum Gasteiger partial charge on any atom is 0.242 e. The zero-order chi connectivity index (χ0) is 15.7. The summed E-state index contributed by atoms with van der Waals surface area (Å²) < 4.78 is 32.0. The fourth-order valence-electron chi connectivity index (χ4n) is 2.09. The van der Waals surface area contributed by atoms with Crippen molar-refractivity contribution in [2.75, 3.05) is 6.54 Å². The molecule has 0 spiro atoms. The van der Waals surface area contributed by atoms with E-state index < -0.39 is 15.6 Å². The minimum atomic E-state index is -3.71. The molecule has 2 N–H and O–H groups in total. The van der Waals surface area contributed by atoms with Gasteiger partial charge >= 0.3 is 0 Å². The molecule has 114 valence electrons. The van der Waals surface area contributed by atoms with Crippen LogP contribution in [0.15, 0.2) is 39.9 Å². The highest BCUT2D eigenvalue weighted by Crippen LogP contribution is 2.26. The molecular weight excluding hydrogens is 292 g/mol. The summed E-state index contributed by atoms with van der Waals surface area (Å²) in [6.45, 7) is 4.87. The van der Waals surface area contributed by atoms with Gasteiger partial charge in [0.1, 0.15) is 22.0 Å². The number of furan rings is 1. The molecule has 0 radical (unpaired) electrons. The summed E-state index contributed by atoms with van der Waals surface area (Å²) in [6, 6.07) is 4.68. The first-order chi connectivity index (χ1) is 9.72. The van der Waals surface area contributed by atoms with E-state index in [4.69, 9.17) is 4.42 Å². The quantitative estimate of drug-likeness (QED) is 0.872. The van der Waals surface area contributed by atoms with E-state index in [1.165, 1.54) is 31.5 Å². The molecule has 21 heavy (non-hydrogen) atoms. The van der Waals surface area contributed by atoms with E-state index in [-0.39, 0.29) is 11.4 Å². The monoisotopic (exact) mass is 310 g/mol. The highest BCUT2D eigenvalue weighted by atomic mass is 32.2. The van der Waals surface area contributed by atoms with Crippen molar-refractivity contribution in [2.45, 2.75) is 31.3 Å². The lowest BCUT2D eigenvalue weighted by molar-refractivity contribution is 0.0612. The van der Waals surface area contributed by atoms with Crippen LogP contribution in [0, 0.1) is 13.8 Å². The van der Waals surface area contributed by atoms with Crippen LogP contribution in [0.5, 0.6) is 0 Å². The first-order valence-electron chi connectivity index (χ1n) is 6.42. The number of aromatic nitrogens is 1. The molecule has 0 bridgehead atoms. The van der Waals surface area contributed by atoms with Crippen LogP contribution < -0.4 is 4.72 Å². The van der Waals surface area contributed by atoms with Gasteiger partial charge in [0.05, 0.1) is 0 Å². The van der Waals surface area contributed by atoms with E-state index in [9.17, 15) is 13.5 Å². The Balaban J connectivity index is 2.17. The second-order valence-corrected chi connectivity index (χ2v) is 6.88. The van der Waals surface area contributed by atoms with E-state index in [0.29, 0.717) is 17.1 Å². The molecule has 0 aromatic carbocycles. The van der Waals surface area contributed by atoms with Crippen LogP contribution in [0.1, 0.15) is 24.0 Å². The number of hydrogen-bond donors (Lipinski definition) is 2. The molecule has 2 aromatic rings. The summed E-state index contributed by atoms with van der Waals surface area (Å²) in [6.07, 6.45) is 2.75. The van der Waals surface area contributed by atoms with Crippen LogP contribution >= 0.6 is 0 Å². The lowest BCUT2D eigenvalue weighted by atomic mass is 9.97. The Morgan fingerprint density at radius 1 is 1.43 bits per heavy atom. The van der Waals surface area contributed by atoms with Gasteiger partial charge < -0.3 is 9.52 Å². The van der Waals surface area contributed by atoms with Crippen LogP contribution in [0.4, 0.5) is 0 Å². The third-order valence-corrected chi connectivity index (χ3v) is 4.56. The molecule has 0 aliphatic heterocycles. The van der Waals surface area contributed by atoms with Gasteiger partial charge in [-0.25, -0.2) is 13.1 Å². The van der Waals surface area contributed by atoms with Gasteiger partial charge in [0.15, 0.2) is 0 Å². The second-order valence-electron chi connectivity index (χ2n) is 5.11. The first-order valence-corrected chi connectivity index (χ1v) is 7.90. The molecule has 0 fully saturated rings. The van der Waals surface area contributed by atoms with E-state index in [0.717, 1.165) is 0 Å². The number of aliphatic hydroxyl groups is 1. The highest BCUT2D eigenvalue weighted by molar-refractivity contribution is 7.89. The van der Waals surface area contributed by atoms with Gasteiger partial charge in [-0.3, -0.25) is 4.98 Å². The number of aryl methyl sites for hydroxylation is 2. The standard InChI is InChI=1S/C14H18N2O4S/c1-10-7-13(11(2)20-10)14(3,17)9-16-21(18,19)12-5-4-6-15-8-12/h4-8,16-17H,9H2,1-3H3. The third-order valence-electron chi connectivity index (χ3n) is 3.17. The SMILES string of the molecule is Cc1cc(C(C)(O)CNS(=O)(=O)c2cccnc2)c(C)o1. The Hall–Kier alpha value is -1.70. The first kappa shape index (κ1) is 15.7. The summed E-state index contributed by atoms with van der Waals surface area (Å²) in [5.41, 5.74) is -0.800. The smallest absolute Gasteiger partial charge is 0.242 e. The normalized spacial score (nSPS) is 14.9. The Morgan fingerprint density at radius 3 is 2.67 bits per heavy atom. The fraction of sp³-hybridized carbons (Fsp3) is 0.357. The van der Waals surface area contributed by atoms with Gasteiger partial charge in [0.25, 0.3) is 0 Å². The molecule has 7 heteroatoms. The van der Waals surface area contributed by atoms with Crippen molar-refractivity contribution >= 4 is 10.0 Å². The van der Waals surface area contributed by atoms with E-state index in [2.05, 4.69) is 9.71 Å². The summed E-state index contributed by atoms with van der Waals surface area (Å²) in [4.78, 5) is 3.83. The lowest BCUT2D eigenvalue weighted by Gasteiger charge is -2.23. The third kappa shape index (κ3) is 3.49. The average Bonchev–Trinajstić information content (AvgIpc) is 2.78. The van der Waals surface area contributed by atoms with Crippen molar-refractivity contribution in [3.05, 3.63) is 47.7 Å². The number of hydrogen-bond acceptors (Lipinski definition) is 5. The molecule has 0 saturated carbocycles. The number of rotatable bonds is 5. The molecule has 2 aromatic heterocycles. The Morgan fingerprint density at radius 2 is 2.14 bits per heavy atom. The largest absolute Gasteiger partial charge is 0.466 e. The molecule has 6 nitrogen and oxygen atoms in total. The summed E-state index contributed by atoms with van der Waals surface area (Å²) >= 11 is 0. The number of nitrogens with one attached hydrogen (secondary N) is 1. The average molecular weight is 310 g/mol. The van der Waals surface area contributed by atoms with Gasteiger partial charge in [-0.1, -0.05) is 0 Å². The Kier molecular flexibility index (Phi) is 4.18. The predicted octanol–water partition coefficient (Wildman–Crippen LogP) is 1.48. The molecule has 0 aliphatic rings. The highest BCUT2D eigenvalue weighted by Gasteiger charge is 2.29. The van der Waals surface area contributed by atoms with Crippen LogP contribution in [0.2, 0.25) is 0 Å². The molecule has 2 heterocycles. The fourth-order valence-corrected chi connectivity index (χ4v) is 3.18. The summed E-state index contributed by atoms with van der Waals surface area (Å²) in [7, 11) is -3.71.